The number of hydrogen-bond acceptors (Lipinski definition) is 5. The van der Waals surface area contributed by atoms with E-state index in [0.717, 1.165) is 31.2 Å². The number of fused-ring (bicyclic) bond motifs is 1. The van der Waals surface area contributed by atoms with Crippen LogP contribution in [-0.2, 0) is 0 Å². The average molecular weight is 356 g/mol. The van der Waals surface area contributed by atoms with Crippen LogP contribution in [0.2, 0.25) is 0 Å². The lowest BCUT2D eigenvalue weighted by Gasteiger charge is -2.42. The van der Waals surface area contributed by atoms with Crippen LogP contribution in [0.25, 0.3) is 5.70 Å². The first-order valence-corrected chi connectivity index (χ1v) is 9.07. The van der Waals surface area contributed by atoms with Gasteiger partial charge in [-0.3, -0.25) is 0 Å². The summed E-state index contributed by atoms with van der Waals surface area (Å²) in [6.45, 7) is 1.86. The zero-order chi connectivity index (χ0) is 18.3. The Labute approximate surface area is 152 Å². The number of aryl methyl sites for hydroxylation is 1. The first-order valence-electron chi connectivity index (χ1n) is 9.07. The van der Waals surface area contributed by atoms with Crippen molar-refractivity contribution < 1.29 is 4.39 Å². The number of rotatable bonds is 3. The van der Waals surface area contributed by atoms with Gasteiger partial charge in [0.25, 0.3) is 0 Å². The Balaban J connectivity index is 1.67. The molecule has 6 N–H and O–H groups in total. The lowest BCUT2D eigenvalue weighted by atomic mass is 9.78. The monoisotopic (exact) mass is 356 g/mol. The molecule has 2 aliphatic rings. The zero-order valence-corrected chi connectivity index (χ0v) is 14.9. The molecule has 1 aliphatic carbocycles. The van der Waals surface area contributed by atoms with Gasteiger partial charge in [-0.15, -0.1) is 0 Å². The number of hydrogen-bond donors (Lipinski definition) is 4. The third-order valence-corrected chi connectivity index (χ3v) is 5.42. The molecule has 1 aromatic carbocycles. The SMILES string of the molecule is Cc1ccc(NC2=CC(N)(C3CCC(N)CC3)Nn3ccnc32)c(F)c1. The summed E-state index contributed by atoms with van der Waals surface area (Å²) >= 11 is 0. The highest BCUT2D eigenvalue weighted by Gasteiger charge is 2.39. The van der Waals surface area contributed by atoms with Gasteiger partial charge < -0.3 is 22.2 Å². The van der Waals surface area contributed by atoms with E-state index in [1.54, 1.807) is 12.3 Å². The lowest BCUT2D eigenvalue weighted by Crippen LogP contribution is -2.58. The van der Waals surface area contributed by atoms with Crippen molar-refractivity contribution in [2.24, 2.45) is 17.4 Å². The molecular weight excluding hydrogens is 331 g/mol. The van der Waals surface area contributed by atoms with Crippen LogP contribution in [-0.4, -0.2) is 21.4 Å². The third kappa shape index (κ3) is 3.08. The van der Waals surface area contributed by atoms with Crippen molar-refractivity contribution in [3.05, 3.63) is 53.9 Å². The van der Waals surface area contributed by atoms with Crippen LogP contribution >= 0.6 is 0 Å². The smallest absolute Gasteiger partial charge is 0.174 e. The highest BCUT2D eigenvalue weighted by molar-refractivity contribution is 5.76. The van der Waals surface area contributed by atoms with Crippen molar-refractivity contribution in [1.82, 2.24) is 9.66 Å². The lowest BCUT2D eigenvalue weighted by molar-refractivity contribution is 0.239. The molecule has 1 atom stereocenters. The van der Waals surface area contributed by atoms with E-state index in [2.05, 4.69) is 15.7 Å². The number of benzene rings is 1. The molecule has 0 saturated heterocycles. The maximum absolute atomic E-state index is 14.3. The van der Waals surface area contributed by atoms with Crippen molar-refractivity contribution in [1.29, 1.82) is 0 Å². The van der Waals surface area contributed by atoms with Crippen LogP contribution in [0.15, 0.2) is 36.7 Å². The van der Waals surface area contributed by atoms with Gasteiger partial charge in [-0.1, -0.05) is 6.07 Å². The zero-order valence-electron chi connectivity index (χ0n) is 14.9. The summed E-state index contributed by atoms with van der Waals surface area (Å²) in [6.07, 6.45) is 9.30. The minimum absolute atomic E-state index is 0.248. The van der Waals surface area contributed by atoms with Crippen LogP contribution < -0.4 is 22.2 Å². The molecule has 0 radical (unpaired) electrons. The minimum atomic E-state index is -0.739. The molecule has 1 aliphatic heterocycles. The average Bonchev–Trinajstić information content (AvgIpc) is 3.06. The van der Waals surface area contributed by atoms with Gasteiger partial charge >= 0.3 is 0 Å². The quantitative estimate of drug-likeness (QED) is 0.678. The summed E-state index contributed by atoms with van der Waals surface area (Å²) in [5.41, 5.74) is 17.4. The van der Waals surface area contributed by atoms with Crippen molar-refractivity contribution in [3.63, 3.8) is 0 Å². The number of halogens is 1. The number of nitrogens with one attached hydrogen (secondary N) is 2. The second-order valence-electron chi connectivity index (χ2n) is 7.44. The molecule has 2 heterocycles. The molecule has 0 bridgehead atoms. The molecule has 1 saturated carbocycles. The van der Waals surface area contributed by atoms with E-state index < -0.39 is 5.66 Å². The predicted molar refractivity (Wildman–Crippen MR) is 101 cm³/mol. The van der Waals surface area contributed by atoms with Crippen LogP contribution in [0.5, 0.6) is 0 Å². The first kappa shape index (κ1) is 17.1. The van der Waals surface area contributed by atoms with Crippen LogP contribution in [0.3, 0.4) is 0 Å². The van der Waals surface area contributed by atoms with Gasteiger partial charge in [0.05, 0.1) is 11.4 Å². The predicted octanol–water partition coefficient (Wildman–Crippen LogP) is 2.51. The number of nitrogens with zero attached hydrogens (tertiary/aromatic N) is 2. The normalized spacial score (nSPS) is 28.1. The van der Waals surface area contributed by atoms with Gasteiger partial charge in [0, 0.05) is 24.4 Å². The second-order valence-corrected chi connectivity index (χ2v) is 7.44. The Morgan fingerprint density at radius 1 is 1.31 bits per heavy atom. The van der Waals surface area contributed by atoms with E-state index in [-0.39, 0.29) is 17.8 Å². The number of imidazole rings is 1. The minimum Gasteiger partial charge on any atom is -0.350 e. The number of aromatic nitrogens is 2. The fourth-order valence-electron chi connectivity index (χ4n) is 3.90. The van der Waals surface area contributed by atoms with E-state index in [1.807, 2.05) is 29.9 Å². The van der Waals surface area contributed by atoms with Gasteiger partial charge in [0.2, 0.25) is 0 Å². The summed E-state index contributed by atoms with van der Waals surface area (Å²) in [5, 5.41) is 3.18. The Morgan fingerprint density at radius 3 is 2.81 bits per heavy atom. The first-order chi connectivity index (χ1) is 12.4. The topological polar surface area (TPSA) is 93.9 Å². The van der Waals surface area contributed by atoms with E-state index >= 15 is 0 Å². The summed E-state index contributed by atoms with van der Waals surface area (Å²) < 4.78 is 16.1. The highest BCUT2D eigenvalue weighted by atomic mass is 19.1. The fourth-order valence-corrected chi connectivity index (χ4v) is 3.90. The van der Waals surface area contributed by atoms with Crippen LogP contribution in [0.4, 0.5) is 10.1 Å². The highest BCUT2D eigenvalue weighted by Crippen LogP contribution is 2.35. The molecule has 1 unspecified atom stereocenters. The van der Waals surface area contributed by atoms with Gasteiger partial charge in [-0.25, -0.2) is 14.1 Å². The van der Waals surface area contributed by atoms with Gasteiger partial charge in [0.15, 0.2) is 5.82 Å². The number of nitrogens with two attached hydrogens (primary N) is 2. The molecular formula is C19H25FN6. The van der Waals surface area contributed by atoms with E-state index in [4.69, 9.17) is 11.5 Å². The molecule has 1 aromatic heterocycles. The largest absolute Gasteiger partial charge is 0.350 e. The molecule has 1 fully saturated rings. The van der Waals surface area contributed by atoms with Gasteiger partial charge in [-0.2, -0.15) is 0 Å². The standard InChI is InChI=1S/C19H25FN6/c1-12-2-7-16(15(20)10-12)24-17-11-19(22,13-3-5-14(21)6-4-13)25-26-9-8-23-18(17)26/h2,7-11,13-14,24-25H,3-6,21-22H2,1H3. The molecule has 0 amide bonds. The Hall–Kier alpha value is -2.38. The molecule has 0 spiro atoms. The Kier molecular flexibility index (Phi) is 4.20. The summed E-state index contributed by atoms with van der Waals surface area (Å²) in [7, 11) is 0. The van der Waals surface area contributed by atoms with Crippen LogP contribution in [0.1, 0.15) is 37.1 Å². The van der Waals surface area contributed by atoms with E-state index in [0.29, 0.717) is 17.2 Å². The Bertz CT molecular complexity index is 836. The van der Waals surface area contributed by atoms with E-state index in [1.165, 1.54) is 6.07 Å². The summed E-state index contributed by atoms with van der Waals surface area (Å²) in [6, 6.07) is 5.37. The summed E-state index contributed by atoms with van der Waals surface area (Å²) in [5.74, 6) is 0.630. The molecule has 7 heteroatoms. The fraction of sp³-hybridized carbons (Fsp3) is 0.421. The molecule has 26 heavy (non-hydrogen) atoms. The second kappa shape index (κ2) is 6.41. The summed E-state index contributed by atoms with van der Waals surface area (Å²) in [4.78, 5) is 4.38. The van der Waals surface area contributed by atoms with Gasteiger partial charge in [0.1, 0.15) is 11.5 Å². The van der Waals surface area contributed by atoms with Gasteiger partial charge in [-0.05, 0) is 56.4 Å². The maximum Gasteiger partial charge on any atom is 0.174 e. The molecule has 138 valence electrons. The van der Waals surface area contributed by atoms with E-state index in [9.17, 15) is 4.39 Å². The van der Waals surface area contributed by atoms with Crippen molar-refractivity contribution in [2.75, 3.05) is 10.7 Å². The number of anilines is 1. The molecule has 6 nitrogen and oxygen atoms in total. The van der Waals surface area contributed by atoms with Crippen LogP contribution in [0, 0.1) is 18.7 Å². The maximum atomic E-state index is 14.3. The van der Waals surface area contributed by atoms with Crippen molar-refractivity contribution in [3.8, 4) is 0 Å². The molecule has 4 rings (SSSR count). The van der Waals surface area contributed by atoms with Crippen molar-refractivity contribution >= 4 is 11.4 Å². The molecule has 2 aromatic rings. The van der Waals surface area contributed by atoms with Crippen molar-refractivity contribution in [2.45, 2.75) is 44.3 Å². The third-order valence-electron chi connectivity index (χ3n) is 5.42. The Morgan fingerprint density at radius 2 is 2.08 bits per heavy atom.